The largest absolute Gasteiger partial charge is 0.311 e. The van der Waals surface area contributed by atoms with Gasteiger partial charge in [-0.3, -0.25) is 9.36 Å². The minimum absolute atomic E-state index is 0.260. The molecule has 0 spiro atoms. The number of hydrogen-bond donors (Lipinski definition) is 1. The number of nitriles is 1. The summed E-state index contributed by atoms with van der Waals surface area (Å²) in [6.45, 7) is 3.39. The Hall–Kier alpha value is -3.72. The lowest BCUT2D eigenvalue weighted by Crippen LogP contribution is -2.12. The van der Waals surface area contributed by atoms with Crippen molar-refractivity contribution in [1.29, 1.82) is 5.26 Å². The highest BCUT2D eigenvalue weighted by molar-refractivity contribution is 5.99. The quantitative estimate of drug-likeness (QED) is 0.602. The number of hydrogen-bond acceptors (Lipinski definition) is 4. The molecule has 0 aliphatic heterocycles. The highest BCUT2D eigenvalue weighted by atomic mass is 16.1. The van der Waals surface area contributed by atoms with Crippen molar-refractivity contribution in [1.82, 2.24) is 14.5 Å². The number of nitrogens with one attached hydrogen (secondary N) is 1. The molecule has 0 fully saturated rings. The Morgan fingerprint density at radius 1 is 1.08 bits per heavy atom. The summed E-state index contributed by atoms with van der Waals surface area (Å²) >= 11 is 0. The second-order valence-corrected chi connectivity index (χ2v) is 6.02. The normalized spacial score (nSPS) is 10.8. The van der Waals surface area contributed by atoms with Gasteiger partial charge in [0.1, 0.15) is 23.0 Å². The summed E-state index contributed by atoms with van der Waals surface area (Å²) in [5, 5.41) is 12.5. The van der Waals surface area contributed by atoms with E-state index in [1.54, 1.807) is 4.57 Å². The van der Waals surface area contributed by atoms with Crippen LogP contribution in [0.25, 0.3) is 27.9 Å². The zero-order valence-corrected chi connectivity index (χ0v) is 14.3. The van der Waals surface area contributed by atoms with Crippen LogP contribution in [0.3, 0.4) is 0 Å². The predicted molar refractivity (Wildman–Crippen MR) is 100 cm³/mol. The number of fused-ring (bicyclic) bond motifs is 2. The molecule has 26 heavy (non-hydrogen) atoms. The Morgan fingerprint density at radius 3 is 2.38 bits per heavy atom. The summed E-state index contributed by atoms with van der Waals surface area (Å²) in [5.74, 6) is 0.128. The van der Waals surface area contributed by atoms with Gasteiger partial charge < -0.3 is 5.32 Å². The first-order valence-electron chi connectivity index (χ1n) is 8.15. The average molecular weight is 341 g/mol. The Kier molecular flexibility index (Phi) is 3.63. The Balaban J connectivity index is 2.20. The van der Waals surface area contributed by atoms with E-state index in [1.807, 2.05) is 55.5 Å². The van der Waals surface area contributed by atoms with Gasteiger partial charge in [-0.15, -0.1) is 0 Å². The fourth-order valence-electron chi connectivity index (χ4n) is 3.08. The fourth-order valence-corrected chi connectivity index (χ4v) is 3.08. The van der Waals surface area contributed by atoms with E-state index in [1.165, 1.54) is 6.92 Å². The van der Waals surface area contributed by atoms with E-state index < -0.39 is 0 Å². The summed E-state index contributed by atoms with van der Waals surface area (Å²) in [5.41, 5.74) is 4.58. The Bertz CT molecular complexity index is 1220. The van der Waals surface area contributed by atoms with Crippen molar-refractivity contribution in [3.05, 3.63) is 59.7 Å². The van der Waals surface area contributed by atoms with Gasteiger partial charge >= 0.3 is 0 Å². The van der Waals surface area contributed by atoms with Crippen molar-refractivity contribution in [2.75, 3.05) is 5.32 Å². The maximum atomic E-state index is 11.8. The van der Waals surface area contributed by atoms with Crippen molar-refractivity contribution < 1.29 is 4.79 Å². The molecule has 0 saturated heterocycles. The molecular weight excluding hydrogens is 326 g/mol. The molecule has 2 aromatic heterocycles. The van der Waals surface area contributed by atoms with Crippen LogP contribution in [0, 0.1) is 18.3 Å². The van der Waals surface area contributed by atoms with Gasteiger partial charge in [0.15, 0.2) is 5.65 Å². The molecule has 0 aliphatic carbocycles. The summed E-state index contributed by atoms with van der Waals surface area (Å²) in [6, 6.07) is 17.4. The molecule has 126 valence electrons. The van der Waals surface area contributed by atoms with Crippen molar-refractivity contribution in [2.45, 2.75) is 13.8 Å². The minimum Gasteiger partial charge on any atom is -0.311 e. The molecular formula is C20H15N5O. The van der Waals surface area contributed by atoms with E-state index >= 15 is 0 Å². The van der Waals surface area contributed by atoms with Crippen molar-refractivity contribution >= 4 is 33.9 Å². The van der Waals surface area contributed by atoms with Gasteiger partial charge in [0.05, 0.1) is 16.7 Å². The smallest absolute Gasteiger partial charge is 0.222 e. The second-order valence-electron chi connectivity index (χ2n) is 6.02. The number of aryl methyl sites for hydroxylation is 1. The molecule has 6 heteroatoms. The van der Waals surface area contributed by atoms with Crippen LogP contribution in [0.4, 0.5) is 5.82 Å². The van der Waals surface area contributed by atoms with Crippen LogP contribution < -0.4 is 5.32 Å². The maximum absolute atomic E-state index is 11.8. The van der Waals surface area contributed by atoms with Crippen LogP contribution in [0.5, 0.6) is 0 Å². The van der Waals surface area contributed by atoms with Gasteiger partial charge in [0.25, 0.3) is 0 Å². The van der Waals surface area contributed by atoms with Gasteiger partial charge in [0, 0.05) is 6.92 Å². The number of carbonyl (C=O) groups excluding carboxylic acids is 1. The zero-order chi connectivity index (χ0) is 18.3. The number of benzene rings is 2. The number of anilines is 1. The SMILES string of the molecule is CC(=O)Nc1c(C#N)c2nc3ccccc3nc2n1-c1ccccc1C. The minimum atomic E-state index is -0.260. The molecule has 0 radical (unpaired) electrons. The standard InChI is InChI=1S/C20H15N5O/c1-12-7-3-6-10-17(12)25-19(22-13(2)26)14(11-21)18-20(25)24-16-9-5-4-8-15(16)23-18/h3-10H,1-2H3,(H,22,26). The van der Waals surface area contributed by atoms with Crippen LogP contribution >= 0.6 is 0 Å². The molecule has 0 bridgehead atoms. The molecule has 2 heterocycles. The van der Waals surface area contributed by atoms with Crippen molar-refractivity contribution in [2.24, 2.45) is 0 Å². The molecule has 0 unspecified atom stereocenters. The topological polar surface area (TPSA) is 83.6 Å². The van der Waals surface area contributed by atoms with E-state index in [4.69, 9.17) is 4.98 Å². The molecule has 4 rings (SSSR count). The van der Waals surface area contributed by atoms with Crippen molar-refractivity contribution in [3.8, 4) is 11.8 Å². The lowest BCUT2D eigenvalue weighted by molar-refractivity contribution is -0.114. The van der Waals surface area contributed by atoms with Crippen LogP contribution in [-0.4, -0.2) is 20.4 Å². The van der Waals surface area contributed by atoms with E-state index in [-0.39, 0.29) is 5.91 Å². The highest BCUT2D eigenvalue weighted by Gasteiger charge is 2.23. The third-order valence-corrected chi connectivity index (χ3v) is 4.22. The van der Waals surface area contributed by atoms with E-state index in [0.29, 0.717) is 28.1 Å². The number of nitrogens with zero attached hydrogens (tertiary/aromatic N) is 4. The first-order chi connectivity index (χ1) is 12.6. The van der Waals surface area contributed by atoms with Gasteiger partial charge in [-0.1, -0.05) is 30.3 Å². The number of para-hydroxylation sites is 3. The molecule has 1 N–H and O–H groups in total. The first-order valence-corrected chi connectivity index (χ1v) is 8.15. The van der Waals surface area contributed by atoms with Crippen LogP contribution in [0.1, 0.15) is 18.1 Å². The van der Waals surface area contributed by atoms with Crippen LogP contribution in [-0.2, 0) is 4.79 Å². The number of rotatable bonds is 2. The second kappa shape index (κ2) is 5.97. The lowest BCUT2D eigenvalue weighted by Gasteiger charge is -2.13. The highest BCUT2D eigenvalue weighted by Crippen LogP contribution is 2.33. The molecule has 0 aliphatic rings. The summed E-state index contributed by atoms with van der Waals surface area (Å²) in [4.78, 5) is 21.2. The first kappa shape index (κ1) is 15.8. The molecule has 4 aromatic rings. The van der Waals surface area contributed by atoms with E-state index in [9.17, 15) is 10.1 Å². The van der Waals surface area contributed by atoms with Crippen molar-refractivity contribution in [3.63, 3.8) is 0 Å². The molecule has 0 saturated carbocycles. The lowest BCUT2D eigenvalue weighted by atomic mass is 10.2. The molecule has 2 aromatic carbocycles. The maximum Gasteiger partial charge on any atom is 0.222 e. The van der Waals surface area contributed by atoms with Gasteiger partial charge in [-0.25, -0.2) is 9.97 Å². The summed E-state index contributed by atoms with van der Waals surface area (Å²) in [7, 11) is 0. The van der Waals surface area contributed by atoms with E-state index in [2.05, 4.69) is 16.4 Å². The monoisotopic (exact) mass is 341 g/mol. The number of amides is 1. The van der Waals surface area contributed by atoms with E-state index in [0.717, 1.165) is 16.8 Å². The van der Waals surface area contributed by atoms with Gasteiger partial charge in [-0.2, -0.15) is 5.26 Å². The zero-order valence-electron chi connectivity index (χ0n) is 14.3. The fraction of sp³-hybridized carbons (Fsp3) is 0.100. The third kappa shape index (κ3) is 2.38. The molecule has 6 nitrogen and oxygen atoms in total. The summed E-state index contributed by atoms with van der Waals surface area (Å²) in [6.07, 6.45) is 0. The average Bonchev–Trinajstić information content (AvgIpc) is 2.91. The predicted octanol–water partition coefficient (Wildman–Crippen LogP) is 3.71. The van der Waals surface area contributed by atoms with Gasteiger partial charge in [-0.05, 0) is 30.7 Å². The van der Waals surface area contributed by atoms with Gasteiger partial charge in [0.2, 0.25) is 5.91 Å². The Morgan fingerprint density at radius 2 is 1.73 bits per heavy atom. The number of carbonyl (C=O) groups is 1. The molecule has 0 atom stereocenters. The summed E-state index contributed by atoms with van der Waals surface area (Å²) < 4.78 is 1.80. The van der Waals surface area contributed by atoms with Crippen LogP contribution in [0.2, 0.25) is 0 Å². The third-order valence-electron chi connectivity index (χ3n) is 4.22. The van der Waals surface area contributed by atoms with Crippen LogP contribution in [0.15, 0.2) is 48.5 Å². The molecule has 1 amide bonds. The Labute approximate surface area is 149 Å². The number of aromatic nitrogens is 3.